The van der Waals surface area contributed by atoms with Crippen LogP contribution in [0.4, 0.5) is 5.69 Å². The quantitative estimate of drug-likeness (QED) is 0.783. The molecular formula is C11H14N2O2S. The highest BCUT2D eigenvalue weighted by Gasteiger charge is 2.09. The fourth-order valence-electron chi connectivity index (χ4n) is 1.37. The summed E-state index contributed by atoms with van der Waals surface area (Å²) in [5.74, 6) is -0.941. The molecule has 0 aromatic heterocycles. The molecule has 1 aromatic carbocycles. The van der Waals surface area contributed by atoms with Crippen molar-refractivity contribution in [3.05, 3.63) is 29.8 Å². The zero-order valence-electron chi connectivity index (χ0n) is 9.01. The van der Waals surface area contributed by atoms with Crippen molar-refractivity contribution < 1.29 is 9.90 Å². The van der Waals surface area contributed by atoms with E-state index in [2.05, 4.69) is 0 Å². The Bertz CT molecular complexity index is 389. The van der Waals surface area contributed by atoms with E-state index < -0.39 is 5.97 Å². The summed E-state index contributed by atoms with van der Waals surface area (Å²) in [6.07, 6.45) is 0.915. The second-order valence-corrected chi connectivity index (χ2v) is 3.76. The van der Waals surface area contributed by atoms with Crippen LogP contribution in [0.1, 0.15) is 23.7 Å². The Morgan fingerprint density at radius 2 is 2.00 bits per heavy atom. The van der Waals surface area contributed by atoms with Crippen molar-refractivity contribution in [1.82, 2.24) is 0 Å². The number of carboxylic acids is 1. The summed E-state index contributed by atoms with van der Waals surface area (Å²) in [5, 5.41) is 9.06. The average Bonchev–Trinajstić information content (AvgIpc) is 2.25. The Balaban J connectivity index is 2.94. The summed E-state index contributed by atoms with van der Waals surface area (Å²) in [6.45, 7) is 2.75. The first-order valence-electron chi connectivity index (χ1n) is 4.96. The summed E-state index contributed by atoms with van der Waals surface area (Å²) in [5.41, 5.74) is 6.67. The minimum absolute atomic E-state index is 0.253. The maximum Gasteiger partial charge on any atom is 0.335 e. The lowest BCUT2D eigenvalue weighted by atomic mass is 10.2. The molecule has 0 fully saturated rings. The number of thiocarbonyl (C=S) groups is 1. The van der Waals surface area contributed by atoms with Crippen LogP contribution in [0.15, 0.2) is 24.3 Å². The van der Waals surface area contributed by atoms with Gasteiger partial charge >= 0.3 is 5.97 Å². The first kappa shape index (κ1) is 12.4. The van der Waals surface area contributed by atoms with Gasteiger partial charge in [-0.25, -0.2) is 4.79 Å². The Hall–Kier alpha value is -1.62. The van der Waals surface area contributed by atoms with Crippen molar-refractivity contribution in [2.45, 2.75) is 13.3 Å². The molecule has 0 amide bonds. The standard InChI is InChI=1S/C11H14N2O2S/c1-2-7-13(11(12)16)9-5-3-8(4-6-9)10(14)15/h3-6H,2,7H2,1H3,(H2,12,16)(H,14,15). The van der Waals surface area contributed by atoms with Gasteiger partial charge in [-0.05, 0) is 42.9 Å². The smallest absolute Gasteiger partial charge is 0.335 e. The third-order valence-corrected chi connectivity index (χ3v) is 2.36. The van der Waals surface area contributed by atoms with Crippen LogP contribution in [0, 0.1) is 0 Å². The SMILES string of the molecule is CCCN(C(N)=S)c1ccc(C(=O)O)cc1. The Morgan fingerprint density at radius 3 is 2.38 bits per heavy atom. The minimum atomic E-state index is -0.941. The first-order chi connectivity index (χ1) is 7.56. The van der Waals surface area contributed by atoms with Crippen LogP contribution in [-0.2, 0) is 0 Å². The molecule has 4 nitrogen and oxygen atoms in total. The predicted molar refractivity (Wildman–Crippen MR) is 67.8 cm³/mol. The average molecular weight is 238 g/mol. The molecule has 0 aliphatic heterocycles. The van der Waals surface area contributed by atoms with Gasteiger partial charge in [0.1, 0.15) is 0 Å². The van der Waals surface area contributed by atoms with Crippen LogP contribution >= 0.6 is 12.2 Å². The largest absolute Gasteiger partial charge is 0.478 e. The molecule has 1 rings (SSSR count). The molecule has 0 bridgehead atoms. The van der Waals surface area contributed by atoms with Crippen molar-refractivity contribution in [2.75, 3.05) is 11.4 Å². The summed E-state index contributed by atoms with van der Waals surface area (Å²) < 4.78 is 0. The number of anilines is 1. The molecule has 0 aliphatic carbocycles. The third kappa shape index (κ3) is 2.93. The minimum Gasteiger partial charge on any atom is -0.478 e. The van der Waals surface area contributed by atoms with Crippen LogP contribution in [-0.4, -0.2) is 22.7 Å². The zero-order chi connectivity index (χ0) is 12.1. The molecule has 0 saturated heterocycles. The third-order valence-electron chi connectivity index (χ3n) is 2.14. The van der Waals surface area contributed by atoms with Gasteiger partial charge in [-0.3, -0.25) is 0 Å². The van der Waals surface area contributed by atoms with Gasteiger partial charge in [-0.1, -0.05) is 6.92 Å². The molecular weight excluding hydrogens is 224 g/mol. The molecule has 0 radical (unpaired) electrons. The number of carboxylic acid groups (broad SMARTS) is 1. The molecule has 0 atom stereocenters. The van der Waals surface area contributed by atoms with E-state index in [1.165, 1.54) is 0 Å². The molecule has 5 heteroatoms. The zero-order valence-corrected chi connectivity index (χ0v) is 9.83. The maximum absolute atomic E-state index is 10.7. The van der Waals surface area contributed by atoms with Crippen molar-refractivity contribution >= 4 is 29.0 Å². The van der Waals surface area contributed by atoms with Gasteiger partial charge in [-0.15, -0.1) is 0 Å². The fourth-order valence-corrected chi connectivity index (χ4v) is 1.57. The number of nitrogens with zero attached hydrogens (tertiary/aromatic N) is 1. The van der Waals surface area contributed by atoms with Gasteiger partial charge in [0.2, 0.25) is 0 Å². The Labute approximate surface area is 99.7 Å². The van der Waals surface area contributed by atoms with E-state index in [4.69, 9.17) is 23.1 Å². The highest BCUT2D eigenvalue weighted by atomic mass is 32.1. The van der Waals surface area contributed by atoms with E-state index >= 15 is 0 Å². The number of aromatic carboxylic acids is 1. The fraction of sp³-hybridized carbons (Fsp3) is 0.273. The molecule has 0 aliphatic rings. The van der Waals surface area contributed by atoms with Crippen LogP contribution < -0.4 is 10.6 Å². The second kappa shape index (κ2) is 5.46. The number of carbonyl (C=O) groups is 1. The van der Waals surface area contributed by atoms with Gasteiger partial charge in [-0.2, -0.15) is 0 Å². The van der Waals surface area contributed by atoms with Crippen LogP contribution in [0.2, 0.25) is 0 Å². The second-order valence-electron chi connectivity index (χ2n) is 3.34. The van der Waals surface area contributed by atoms with Gasteiger partial charge in [0, 0.05) is 12.2 Å². The predicted octanol–water partition coefficient (Wildman–Crippen LogP) is 1.84. The highest BCUT2D eigenvalue weighted by molar-refractivity contribution is 7.80. The van der Waals surface area contributed by atoms with E-state index in [9.17, 15) is 4.79 Å². The van der Waals surface area contributed by atoms with Crippen molar-refractivity contribution in [1.29, 1.82) is 0 Å². The van der Waals surface area contributed by atoms with Crippen molar-refractivity contribution in [3.63, 3.8) is 0 Å². The molecule has 3 N–H and O–H groups in total. The van der Waals surface area contributed by atoms with E-state index in [1.807, 2.05) is 6.92 Å². The van der Waals surface area contributed by atoms with E-state index in [0.717, 1.165) is 18.7 Å². The summed E-state index contributed by atoms with van der Waals surface area (Å²) in [7, 11) is 0. The topological polar surface area (TPSA) is 66.6 Å². The summed E-state index contributed by atoms with van der Waals surface area (Å²) in [6, 6.07) is 6.49. The summed E-state index contributed by atoms with van der Waals surface area (Å²) in [4.78, 5) is 12.5. The van der Waals surface area contributed by atoms with Crippen LogP contribution in [0.5, 0.6) is 0 Å². The van der Waals surface area contributed by atoms with Gasteiger partial charge in [0.15, 0.2) is 5.11 Å². The summed E-state index contributed by atoms with van der Waals surface area (Å²) >= 11 is 4.94. The molecule has 0 saturated carbocycles. The molecule has 0 unspecified atom stereocenters. The lowest BCUT2D eigenvalue weighted by molar-refractivity contribution is 0.0697. The molecule has 86 valence electrons. The molecule has 0 spiro atoms. The number of hydrogen-bond donors (Lipinski definition) is 2. The van der Waals surface area contributed by atoms with Crippen LogP contribution in [0.25, 0.3) is 0 Å². The van der Waals surface area contributed by atoms with Crippen molar-refractivity contribution in [2.24, 2.45) is 5.73 Å². The maximum atomic E-state index is 10.7. The molecule has 16 heavy (non-hydrogen) atoms. The number of nitrogens with two attached hydrogens (primary N) is 1. The monoisotopic (exact) mass is 238 g/mol. The van der Waals surface area contributed by atoms with E-state index in [-0.39, 0.29) is 5.56 Å². The first-order valence-corrected chi connectivity index (χ1v) is 5.37. The lowest BCUT2D eigenvalue weighted by Crippen LogP contribution is -2.36. The number of benzene rings is 1. The van der Waals surface area contributed by atoms with Crippen LogP contribution in [0.3, 0.4) is 0 Å². The van der Waals surface area contributed by atoms with E-state index in [1.54, 1.807) is 29.2 Å². The van der Waals surface area contributed by atoms with Gasteiger partial charge in [0.25, 0.3) is 0 Å². The lowest BCUT2D eigenvalue weighted by Gasteiger charge is -2.22. The Morgan fingerprint density at radius 1 is 1.44 bits per heavy atom. The molecule has 0 heterocycles. The van der Waals surface area contributed by atoms with Crippen molar-refractivity contribution in [3.8, 4) is 0 Å². The van der Waals surface area contributed by atoms with Gasteiger partial charge in [0.05, 0.1) is 5.56 Å². The number of hydrogen-bond acceptors (Lipinski definition) is 2. The highest BCUT2D eigenvalue weighted by Crippen LogP contribution is 2.15. The van der Waals surface area contributed by atoms with Gasteiger partial charge < -0.3 is 15.7 Å². The Kier molecular flexibility index (Phi) is 4.25. The number of rotatable bonds is 4. The normalized spacial score (nSPS) is 9.81. The van der Waals surface area contributed by atoms with E-state index in [0.29, 0.717) is 5.11 Å². The molecule has 1 aromatic rings.